The van der Waals surface area contributed by atoms with E-state index < -0.39 is 0 Å². The van der Waals surface area contributed by atoms with Gasteiger partial charge >= 0.3 is 0 Å². The van der Waals surface area contributed by atoms with Crippen molar-refractivity contribution in [3.8, 4) is 5.75 Å². The maximum atomic E-state index is 13.1. The third-order valence-corrected chi connectivity index (χ3v) is 6.03. The molecule has 4 rings (SSSR count). The van der Waals surface area contributed by atoms with Crippen molar-refractivity contribution in [1.29, 1.82) is 0 Å². The van der Waals surface area contributed by atoms with Crippen LogP contribution in [0, 0.1) is 5.92 Å². The number of nitrogens with zero attached hydrogens (tertiary/aromatic N) is 1. The Kier molecular flexibility index (Phi) is 5.94. The van der Waals surface area contributed by atoms with Gasteiger partial charge in [-0.25, -0.2) is 0 Å². The van der Waals surface area contributed by atoms with Crippen molar-refractivity contribution in [3.63, 3.8) is 0 Å². The van der Waals surface area contributed by atoms with Crippen LogP contribution in [0.2, 0.25) is 0 Å². The highest BCUT2D eigenvalue weighted by atomic mass is 16.5. The van der Waals surface area contributed by atoms with E-state index in [4.69, 9.17) is 9.47 Å². The van der Waals surface area contributed by atoms with Gasteiger partial charge in [0.2, 0.25) is 11.8 Å². The van der Waals surface area contributed by atoms with Crippen molar-refractivity contribution in [2.75, 3.05) is 25.5 Å². The van der Waals surface area contributed by atoms with E-state index in [1.165, 1.54) is 19.8 Å². The maximum absolute atomic E-state index is 13.1. The Hall–Kier alpha value is -2.61. The zero-order valence-corrected chi connectivity index (χ0v) is 17.5. The van der Waals surface area contributed by atoms with Gasteiger partial charge in [0, 0.05) is 26.2 Å². The first kappa shape index (κ1) is 20.7. The second kappa shape index (κ2) is 8.63. The van der Waals surface area contributed by atoms with E-state index in [1.807, 2.05) is 0 Å². The average molecular weight is 415 g/mol. The molecule has 0 aromatic heterocycles. The highest BCUT2D eigenvalue weighted by Crippen LogP contribution is 2.32. The number of hydrogen-bond donors (Lipinski definition) is 2. The van der Waals surface area contributed by atoms with Gasteiger partial charge in [-0.15, -0.1) is 0 Å². The predicted molar refractivity (Wildman–Crippen MR) is 110 cm³/mol. The molecule has 0 spiro atoms. The van der Waals surface area contributed by atoms with Crippen molar-refractivity contribution in [3.05, 3.63) is 23.8 Å². The van der Waals surface area contributed by atoms with Crippen molar-refractivity contribution >= 4 is 23.4 Å². The van der Waals surface area contributed by atoms with Crippen LogP contribution in [-0.4, -0.2) is 61.1 Å². The molecule has 3 aliphatic rings. The third-order valence-electron chi connectivity index (χ3n) is 6.03. The molecule has 162 valence electrons. The number of ether oxygens (including phenoxy) is 2. The van der Waals surface area contributed by atoms with Crippen molar-refractivity contribution in [1.82, 2.24) is 10.2 Å². The molecule has 2 N–H and O–H groups in total. The Morgan fingerprint density at radius 2 is 2.00 bits per heavy atom. The Morgan fingerprint density at radius 1 is 1.20 bits per heavy atom. The van der Waals surface area contributed by atoms with Crippen LogP contribution in [0.1, 0.15) is 49.4 Å². The summed E-state index contributed by atoms with van der Waals surface area (Å²) in [6.45, 7) is 2.48. The van der Waals surface area contributed by atoms with Gasteiger partial charge in [0.1, 0.15) is 18.5 Å². The molecule has 3 atom stereocenters. The zero-order chi connectivity index (χ0) is 21.3. The van der Waals surface area contributed by atoms with E-state index in [9.17, 15) is 14.4 Å². The first-order valence-corrected chi connectivity index (χ1v) is 10.6. The van der Waals surface area contributed by atoms with E-state index in [1.54, 1.807) is 30.1 Å². The number of nitrogens with one attached hydrogen (secondary N) is 2. The first-order valence-electron chi connectivity index (χ1n) is 10.6. The molecule has 2 aliphatic heterocycles. The number of rotatable bonds is 5. The van der Waals surface area contributed by atoms with Crippen LogP contribution in [0.5, 0.6) is 5.75 Å². The number of carbonyl (C=O) groups excluding carboxylic acids is 3. The van der Waals surface area contributed by atoms with Gasteiger partial charge in [-0.05, 0) is 49.8 Å². The summed E-state index contributed by atoms with van der Waals surface area (Å²) in [6.07, 6.45) is 3.75. The number of likely N-dealkylation sites (N-methyl/N-ethyl adjacent to an activating group) is 1. The number of hydrogen-bond acceptors (Lipinski definition) is 5. The molecule has 3 amide bonds. The number of carbonyl (C=O) groups is 3. The number of amides is 3. The second-order valence-corrected chi connectivity index (χ2v) is 8.51. The fraction of sp³-hybridized carbons (Fsp3) is 0.591. The zero-order valence-electron chi connectivity index (χ0n) is 17.5. The highest BCUT2D eigenvalue weighted by molar-refractivity contribution is 5.99. The monoisotopic (exact) mass is 415 g/mol. The lowest BCUT2D eigenvalue weighted by Crippen LogP contribution is -2.54. The summed E-state index contributed by atoms with van der Waals surface area (Å²) in [5.41, 5.74) is 0.977. The van der Waals surface area contributed by atoms with E-state index in [2.05, 4.69) is 10.6 Å². The molecular formula is C22H29N3O5. The lowest BCUT2D eigenvalue weighted by atomic mass is 9.94. The quantitative estimate of drug-likeness (QED) is 0.766. The minimum atomic E-state index is -0.294. The number of fused-ring (bicyclic) bond motifs is 2. The van der Waals surface area contributed by atoms with Crippen LogP contribution < -0.4 is 15.4 Å². The van der Waals surface area contributed by atoms with E-state index in [-0.39, 0.29) is 36.0 Å². The Morgan fingerprint density at radius 3 is 2.73 bits per heavy atom. The van der Waals surface area contributed by atoms with E-state index >= 15 is 0 Å². The summed E-state index contributed by atoms with van der Waals surface area (Å²) in [7, 11) is 1.77. The molecule has 0 radical (unpaired) electrons. The molecule has 1 aromatic rings. The normalized spacial score (nSPS) is 25.9. The third kappa shape index (κ3) is 4.75. The summed E-state index contributed by atoms with van der Waals surface area (Å²) >= 11 is 0. The highest BCUT2D eigenvalue weighted by Gasteiger charge is 2.39. The SMILES string of the molecule is CC(=O)Nc1ccc2c(c1)C(=O)N(C)[C@H]1CC[C@@H](CC(=O)NCC3CC3)O[C@H]1CO2. The molecule has 30 heavy (non-hydrogen) atoms. The molecule has 1 saturated carbocycles. The lowest BCUT2D eigenvalue weighted by Gasteiger charge is -2.42. The lowest BCUT2D eigenvalue weighted by molar-refractivity contribution is -0.134. The van der Waals surface area contributed by atoms with Crippen molar-refractivity contribution in [2.45, 2.75) is 57.3 Å². The van der Waals surface area contributed by atoms with Crippen LogP contribution in [0.4, 0.5) is 5.69 Å². The van der Waals surface area contributed by atoms with Gasteiger partial charge in [0.05, 0.1) is 24.1 Å². The minimum Gasteiger partial charge on any atom is -0.490 e. The van der Waals surface area contributed by atoms with Crippen molar-refractivity contribution < 1.29 is 23.9 Å². The number of anilines is 1. The Labute approximate surface area is 176 Å². The van der Waals surface area contributed by atoms with Crippen LogP contribution in [0.25, 0.3) is 0 Å². The molecule has 2 fully saturated rings. The summed E-state index contributed by atoms with van der Waals surface area (Å²) < 4.78 is 12.1. The van der Waals surface area contributed by atoms with Gasteiger partial charge in [0.15, 0.2) is 0 Å². The Balaban J connectivity index is 1.43. The fourth-order valence-electron chi connectivity index (χ4n) is 4.17. The van der Waals surface area contributed by atoms with Gasteiger partial charge in [-0.2, -0.15) is 0 Å². The van der Waals surface area contributed by atoms with Crippen LogP contribution in [-0.2, 0) is 14.3 Å². The standard InChI is InChI=1S/C22H29N3O5/c1-13(26)24-15-5-8-19-17(9-15)22(28)25(2)18-7-6-16(30-20(18)12-29-19)10-21(27)23-11-14-3-4-14/h5,8-9,14,16,18,20H,3-4,6-7,10-12H2,1-2H3,(H,23,27)(H,24,26)/t16-,18-,20-/m0/s1. The molecule has 2 heterocycles. The van der Waals surface area contributed by atoms with Gasteiger partial charge < -0.3 is 25.0 Å². The van der Waals surface area contributed by atoms with Crippen LogP contribution >= 0.6 is 0 Å². The molecule has 1 saturated heterocycles. The summed E-state index contributed by atoms with van der Waals surface area (Å²) in [4.78, 5) is 38.3. The molecule has 8 heteroatoms. The fourth-order valence-corrected chi connectivity index (χ4v) is 4.17. The topological polar surface area (TPSA) is 97.0 Å². The van der Waals surface area contributed by atoms with Crippen LogP contribution in [0.3, 0.4) is 0 Å². The molecule has 0 unspecified atom stereocenters. The largest absolute Gasteiger partial charge is 0.490 e. The van der Waals surface area contributed by atoms with Crippen LogP contribution in [0.15, 0.2) is 18.2 Å². The smallest absolute Gasteiger partial charge is 0.257 e. The molecule has 1 aromatic carbocycles. The van der Waals surface area contributed by atoms with Crippen molar-refractivity contribution in [2.24, 2.45) is 5.92 Å². The van der Waals surface area contributed by atoms with E-state index in [0.717, 1.165) is 13.0 Å². The average Bonchev–Trinajstić information content (AvgIpc) is 3.54. The van der Waals surface area contributed by atoms with E-state index in [0.29, 0.717) is 42.4 Å². The Bertz CT molecular complexity index is 838. The molecule has 0 bridgehead atoms. The minimum absolute atomic E-state index is 0.0254. The summed E-state index contributed by atoms with van der Waals surface area (Å²) in [5.74, 6) is 0.770. The molecule has 1 aliphatic carbocycles. The van der Waals surface area contributed by atoms with Gasteiger partial charge in [0.25, 0.3) is 5.91 Å². The maximum Gasteiger partial charge on any atom is 0.257 e. The molecule has 8 nitrogen and oxygen atoms in total. The first-order chi connectivity index (χ1) is 14.4. The molecular weight excluding hydrogens is 386 g/mol. The summed E-state index contributed by atoms with van der Waals surface area (Å²) in [5, 5.41) is 5.69. The van der Waals surface area contributed by atoms with Gasteiger partial charge in [-0.3, -0.25) is 14.4 Å². The predicted octanol–water partition coefficient (Wildman–Crippen LogP) is 1.94. The van der Waals surface area contributed by atoms with Gasteiger partial charge in [-0.1, -0.05) is 0 Å². The summed E-state index contributed by atoms with van der Waals surface area (Å²) in [6, 6.07) is 4.92. The second-order valence-electron chi connectivity index (χ2n) is 8.51. The number of benzene rings is 1.